The van der Waals surface area contributed by atoms with Gasteiger partial charge in [-0.25, -0.2) is 0 Å². The van der Waals surface area contributed by atoms with E-state index in [0.29, 0.717) is 32.4 Å². The maximum absolute atomic E-state index is 12.8. The molecule has 1 aliphatic heterocycles. The van der Waals surface area contributed by atoms with Crippen LogP contribution >= 0.6 is 0 Å². The van der Waals surface area contributed by atoms with Crippen molar-refractivity contribution in [3.63, 3.8) is 0 Å². The smallest absolute Gasteiger partial charge is 0.248 e. The Balaban J connectivity index is 1.69. The number of amides is 6. The summed E-state index contributed by atoms with van der Waals surface area (Å²) < 4.78 is 0. The van der Waals surface area contributed by atoms with Crippen molar-refractivity contribution >= 4 is 35.4 Å². The van der Waals surface area contributed by atoms with Crippen LogP contribution in [0.3, 0.4) is 0 Å². The van der Waals surface area contributed by atoms with Crippen LogP contribution in [0.5, 0.6) is 0 Å². The molecule has 230 valence electrons. The minimum Gasteiger partial charge on any atom is -0.370 e. The lowest BCUT2D eigenvalue weighted by Gasteiger charge is -2.20. The van der Waals surface area contributed by atoms with Gasteiger partial charge < -0.3 is 36.6 Å². The van der Waals surface area contributed by atoms with Crippen molar-refractivity contribution in [1.82, 2.24) is 31.5 Å². The summed E-state index contributed by atoms with van der Waals surface area (Å²) >= 11 is 0. The van der Waals surface area contributed by atoms with E-state index in [2.05, 4.69) is 26.6 Å². The number of unbranched alkanes of at least 4 members (excludes halogenated alkanes) is 2. The number of hydrogen-bond donors (Lipinski definition) is 6. The molecule has 1 heterocycles. The number of nitrogens with zero attached hydrogens (tertiary/aromatic N) is 1. The van der Waals surface area contributed by atoms with E-state index in [4.69, 9.17) is 0 Å². The standard InChI is InChI=1S/C29H42N6O7/c1-20(2)16-30-25(38)18-33-29(42)22(15-21-9-5-3-6-10-21)34-26(39)19-32-24(37)17-31-23(36)11-7-4-8-14-35-27(40)12-13-28(35)41/h3,5-6,9-10,12-13,20,22,27,40H,4,7-8,11,14-19H2,1-2H3,(H,30,38)(H,31,36)(H,32,37)(H,33,42)(H,34,39)/t22-,27?/m0/s1. The van der Waals surface area contributed by atoms with Gasteiger partial charge in [0.15, 0.2) is 0 Å². The van der Waals surface area contributed by atoms with Crippen LogP contribution in [0.25, 0.3) is 0 Å². The fourth-order valence-electron chi connectivity index (χ4n) is 3.97. The number of hydrogen-bond acceptors (Lipinski definition) is 7. The van der Waals surface area contributed by atoms with Gasteiger partial charge in [0.25, 0.3) is 0 Å². The molecule has 0 bridgehead atoms. The van der Waals surface area contributed by atoms with Crippen molar-refractivity contribution in [2.45, 2.75) is 58.2 Å². The van der Waals surface area contributed by atoms with Crippen molar-refractivity contribution in [3.05, 3.63) is 48.0 Å². The van der Waals surface area contributed by atoms with Crippen LogP contribution in [-0.4, -0.2) is 90.4 Å². The van der Waals surface area contributed by atoms with Crippen LogP contribution in [0.15, 0.2) is 42.5 Å². The molecule has 0 spiro atoms. The highest BCUT2D eigenvalue weighted by molar-refractivity contribution is 5.93. The maximum Gasteiger partial charge on any atom is 0.248 e. The fourth-order valence-corrected chi connectivity index (χ4v) is 3.97. The fraction of sp³-hybridized carbons (Fsp3) is 0.517. The summed E-state index contributed by atoms with van der Waals surface area (Å²) in [6.45, 7) is 3.82. The van der Waals surface area contributed by atoms with Gasteiger partial charge in [-0.1, -0.05) is 50.6 Å². The van der Waals surface area contributed by atoms with Gasteiger partial charge in [0, 0.05) is 32.0 Å². The molecule has 13 nitrogen and oxygen atoms in total. The normalized spacial score (nSPS) is 14.8. The zero-order valence-electron chi connectivity index (χ0n) is 24.2. The van der Waals surface area contributed by atoms with Crippen molar-refractivity contribution in [2.24, 2.45) is 5.92 Å². The van der Waals surface area contributed by atoms with Crippen LogP contribution in [0.2, 0.25) is 0 Å². The van der Waals surface area contributed by atoms with Crippen LogP contribution in [-0.2, 0) is 35.2 Å². The van der Waals surface area contributed by atoms with Gasteiger partial charge in [0.1, 0.15) is 12.3 Å². The average molecular weight is 587 g/mol. The van der Waals surface area contributed by atoms with E-state index in [1.165, 1.54) is 17.1 Å². The molecule has 0 fully saturated rings. The molecule has 2 rings (SSSR count). The summed E-state index contributed by atoms with van der Waals surface area (Å²) in [5, 5.41) is 22.4. The minimum absolute atomic E-state index is 0.182. The van der Waals surface area contributed by atoms with E-state index in [-0.39, 0.29) is 49.6 Å². The maximum atomic E-state index is 12.8. The molecular formula is C29H42N6O7. The highest BCUT2D eigenvalue weighted by Crippen LogP contribution is 2.11. The summed E-state index contributed by atoms with van der Waals surface area (Å²) in [5.74, 6) is -2.36. The average Bonchev–Trinajstić information content (AvgIpc) is 3.28. The van der Waals surface area contributed by atoms with Gasteiger partial charge in [-0.15, -0.1) is 0 Å². The Morgan fingerprint density at radius 1 is 0.833 bits per heavy atom. The van der Waals surface area contributed by atoms with Crippen molar-refractivity contribution in [3.8, 4) is 0 Å². The molecule has 0 saturated heterocycles. The van der Waals surface area contributed by atoms with Gasteiger partial charge in [0.05, 0.1) is 19.6 Å². The highest BCUT2D eigenvalue weighted by Gasteiger charge is 2.23. The summed E-state index contributed by atoms with van der Waals surface area (Å²) in [6.07, 6.45) is 4.05. The predicted octanol–water partition coefficient (Wildman–Crippen LogP) is -0.888. The Kier molecular flexibility index (Phi) is 14.7. The summed E-state index contributed by atoms with van der Waals surface area (Å²) in [7, 11) is 0. The highest BCUT2D eigenvalue weighted by atomic mass is 16.3. The van der Waals surface area contributed by atoms with Crippen molar-refractivity contribution in [2.75, 3.05) is 32.7 Å². The predicted molar refractivity (Wildman–Crippen MR) is 154 cm³/mol. The first-order chi connectivity index (χ1) is 20.0. The quantitative estimate of drug-likeness (QED) is 0.120. The lowest BCUT2D eigenvalue weighted by atomic mass is 10.1. The molecule has 6 N–H and O–H groups in total. The van der Waals surface area contributed by atoms with E-state index >= 15 is 0 Å². The Morgan fingerprint density at radius 2 is 1.48 bits per heavy atom. The van der Waals surface area contributed by atoms with Crippen molar-refractivity contribution in [1.29, 1.82) is 0 Å². The second kappa shape index (κ2) is 18.2. The van der Waals surface area contributed by atoms with E-state index < -0.39 is 36.5 Å². The number of carbonyl (C=O) groups is 6. The van der Waals surface area contributed by atoms with Gasteiger partial charge in [-0.2, -0.15) is 0 Å². The molecule has 1 aliphatic rings. The molecule has 1 aromatic carbocycles. The molecule has 0 aromatic heterocycles. The first-order valence-corrected chi connectivity index (χ1v) is 14.1. The molecule has 0 saturated carbocycles. The van der Waals surface area contributed by atoms with Gasteiger partial charge in [0.2, 0.25) is 35.4 Å². The number of benzene rings is 1. The van der Waals surface area contributed by atoms with E-state index in [1.807, 2.05) is 32.0 Å². The number of aliphatic hydroxyl groups is 1. The number of carbonyl (C=O) groups excluding carboxylic acids is 6. The molecule has 42 heavy (non-hydrogen) atoms. The van der Waals surface area contributed by atoms with E-state index in [0.717, 1.165) is 5.56 Å². The molecule has 2 atom stereocenters. The zero-order valence-corrected chi connectivity index (χ0v) is 24.2. The van der Waals surface area contributed by atoms with E-state index in [1.54, 1.807) is 12.1 Å². The molecule has 0 radical (unpaired) electrons. The lowest BCUT2D eigenvalue weighted by molar-refractivity contribution is -0.131. The second-order valence-electron chi connectivity index (χ2n) is 10.4. The zero-order chi connectivity index (χ0) is 30.9. The Morgan fingerprint density at radius 3 is 2.14 bits per heavy atom. The SMILES string of the molecule is CC(C)CNC(=O)CNC(=O)[C@H](Cc1ccccc1)NC(=O)CNC(=O)CNC(=O)CCCCCN1C(=O)C=CC1O. The topological polar surface area (TPSA) is 186 Å². The Labute approximate surface area is 245 Å². The third kappa shape index (κ3) is 13.4. The monoisotopic (exact) mass is 586 g/mol. The number of nitrogens with one attached hydrogen (secondary N) is 5. The molecule has 6 amide bonds. The molecule has 1 aromatic rings. The Bertz CT molecular complexity index is 1110. The molecular weight excluding hydrogens is 544 g/mol. The molecule has 13 heteroatoms. The van der Waals surface area contributed by atoms with Crippen LogP contribution in [0.4, 0.5) is 0 Å². The molecule has 0 aliphatic carbocycles. The summed E-state index contributed by atoms with van der Waals surface area (Å²) in [4.78, 5) is 74.4. The van der Waals surface area contributed by atoms with Crippen LogP contribution < -0.4 is 26.6 Å². The first kappa shape index (κ1) is 33.9. The minimum atomic E-state index is -0.975. The van der Waals surface area contributed by atoms with Crippen LogP contribution in [0, 0.1) is 5.92 Å². The summed E-state index contributed by atoms with van der Waals surface area (Å²) in [5.41, 5.74) is 0.799. The third-order valence-corrected chi connectivity index (χ3v) is 6.27. The van der Waals surface area contributed by atoms with Gasteiger partial charge in [-0.3, -0.25) is 28.8 Å². The third-order valence-electron chi connectivity index (χ3n) is 6.27. The molecule has 1 unspecified atom stereocenters. The lowest BCUT2D eigenvalue weighted by Crippen LogP contribution is -2.52. The first-order valence-electron chi connectivity index (χ1n) is 14.1. The largest absolute Gasteiger partial charge is 0.370 e. The van der Waals surface area contributed by atoms with E-state index in [9.17, 15) is 33.9 Å². The van der Waals surface area contributed by atoms with Gasteiger partial charge in [-0.05, 0) is 30.4 Å². The van der Waals surface area contributed by atoms with Gasteiger partial charge >= 0.3 is 0 Å². The summed E-state index contributed by atoms with van der Waals surface area (Å²) in [6, 6.07) is 8.08. The number of aliphatic hydroxyl groups excluding tert-OH is 1. The van der Waals surface area contributed by atoms with Crippen LogP contribution in [0.1, 0.15) is 45.1 Å². The number of rotatable bonds is 18. The Hall–Kier alpha value is -4.26. The second-order valence-corrected chi connectivity index (χ2v) is 10.4. The van der Waals surface area contributed by atoms with Crippen molar-refractivity contribution < 1.29 is 33.9 Å².